The van der Waals surface area contributed by atoms with Crippen molar-refractivity contribution < 1.29 is 22.9 Å². The summed E-state index contributed by atoms with van der Waals surface area (Å²) in [7, 11) is 0. The summed E-state index contributed by atoms with van der Waals surface area (Å²) in [5.41, 5.74) is 1.01. The normalized spacial score (nSPS) is 13.2. The lowest BCUT2D eigenvalue weighted by Gasteiger charge is -2.06. The number of allylic oxidation sites excluding steroid dienone is 2. The van der Waals surface area contributed by atoms with Crippen LogP contribution in [-0.2, 0) is 11.4 Å². The minimum atomic E-state index is -2.61. The number of fused-ring (bicyclic) bond motifs is 1. The second-order valence-electron chi connectivity index (χ2n) is 2.84. The lowest BCUT2D eigenvalue weighted by atomic mass is 9.95. The van der Waals surface area contributed by atoms with Gasteiger partial charge < -0.3 is 0 Å². The lowest BCUT2D eigenvalue weighted by Crippen LogP contribution is -2.10. The van der Waals surface area contributed by atoms with Gasteiger partial charge >= 0.3 is 0 Å². The molecule has 1 aromatic rings. The van der Waals surface area contributed by atoms with Crippen LogP contribution in [0.4, 0.5) is 0 Å². The summed E-state index contributed by atoms with van der Waals surface area (Å²) in [6, 6.07) is 6.84. The van der Waals surface area contributed by atoms with Gasteiger partial charge in [0.15, 0.2) is 11.6 Å². The Hall–Kier alpha value is -1.63. The summed E-state index contributed by atoms with van der Waals surface area (Å²) in [5.74, 6) is -0.185. The molecule has 0 bridgehead atoms. The summed E-state index contributed by atoms with van der Waals surface area (Å²) >= 11 is -2.61. The Bertz CT molecular complexity index is 437. The van der Waals surface area contributed by atoms with Crippen LogP contribution in [0.2, 0.25) is 0 Å². The fourth-order valence-electron chi connectivity index (χ4n) is 1.24. The molecule has 0 radical (unpaired) electrons. The van der Waals surface area contributed by atoms with E-state index >= 15 is 0 Å². The van der Waals surface area contributed by atoms with Gasteiger partial charge in [-0.1, -0.05) is 24.3 Å². The Morgan fingerprint density at radius 3 is 1.50 bits per heavy atom. The molecule has 84 valence electrons. The van der Waals surface area contributed by atoms with E-state index in [9.17, 15) is 9.59 Å². The number of carbonyl (C=O) groups excluding carboxylic acids is 2. The molecule has 0 amide bonds. The third kappa shape index (κ3) is 3.20. The molecule has 0 aliphatic heterocycles. The highest BCUT2D eigenvalue weighted by Gasteiger charge is 2.16. The topological polar surface area (TPSA) is 91.7 Å². The zero-order chi connectivity index (χ0) is 12.1. The maximum absolute atomic E-state index is 11.2. The molecular weight excluding hydrogens is 232 g/mol. The Kier molecular flexibility index (Phi) is 4.24. The van der Waals surface area contributed by atoms with Crippen LogP contribution >= 0.6 is 0 Å². The van der Waals surface area contributed by atoms with E-state index in [2.05, 4.69) is 0 Å². The largest absolute Gasteiger partial charge is 0.299 e. The molecule has 0 fully saturated rings. The minimum absolute atomic E-state index is 0.0924. The van der Waals surface area contributed by atoms with Crippen LogP contribution in [0.5, 0.6) is 0 Å². The predicted molar refractivity (Wildman–Crippen MR) is 57.6 cm³/mol. The van der Waals surface area contributed by atoms with Crippen molar-refractivity contribution in [1.82, 2.24) is 0 Å². The Labute approximate surface area is 93.9 Å². The van der Waals surface area contributed by atoms with Gasteiger partial charge in [-0.15, -0.1) is 0 Å². The van der Waals surface area contributed by atoms with Gasteiger partial charge in [0.05, 0.1) is 0 Å². The molecule has 2 N–H and O–H groups in total. The van der Waals surface area contributed by atoms with Gasteiger partial charge in [0.2, 0.25) is 0 Å². The van der Waals surface area contributed by atoms with Gasteiger partial charge in [-0.05, 0) is 12.2 Å². The fraction of sp³-hybridized carbons (Fsp3) is 0. The maximum Gasteiger partial charge on any atom is 0.299 e. The van der Waals surface area contributed by atoms with E-state index in [0.717, 1.165) is 0 Å². The molecule has 0 unspecified atom stereocenters. The Morgan fingerprint density at radius 2 is 1.19 bits per heavy atom. The average molecular weight is 240 g/mol. The molecule has 0 saturated carbocycles. The number of benzene rings is 1. The number of hydrogen-bond acceptors (Lipinski definition) is 3. The van der Waals surface area contributed by atoms with Gasteiger partial charge in [0, 0.05) is 11.1 Å². The van der Waals surface area contributed by atoms with E-state index < -0.39 is 11.4 Å². The van der Waals surface area contributed by atoms with Crippen molar-refractivity contribution in [2.75, 3.05) is 0 Å². The first-order valence-electron chi connectivity index (χ1n) is 4.18. The third-order valence-electron chi connectivity index (χ3n) is 1.84. The average Bonchev–Trinajstić information content (AvgIpc) is 2.23. The summed E-state index contributed by atoms with van der Waals surface area (Å²) < 4.78 is 22.8. The third-order valence-corrected chi connectivity index (χ3v) is 1.84. The maximum atomic E-state index is 11.2. The highest BCUT2D eigenvalue weighted by atomic mass is 32.2. The smallest absolute Gasteiger partial charge is 0.289 e. The van der Waals surface area contributed by atoms with Crippen molar-refractivity contribution in [3.05, 3.63) is 47.5 Å². The molecule has 0 aromatic heterocycles. The van der Waals surface area contributed by atoms with E-state index in [0.29, 0.717) is 11.1 Å². The minimum Gasteiger partial charge on any atom is -0.289 e. The predicted octanol–water partition coefficient (Wildman–Crippen LogP) is 1.30. The fourth-order valence-corrected chi connectivity index (χ4v) is 1.24. The van der Waals surface area contributed by atoms with E-state index in [1.807, 2.05) is 0 Å². The van der Waals surface area contributed by atoms with Gasteiger partial charge in [-0.3, -0.25) is 18.7 Å². The van der Waals surface area contributed by atoms with Gasteiger partial charge in [-0.2, -0.15) is 4.21 Å². The van der Waals surface area contributed by atoms with Crippen molar-refractivity contribution >= 4 is 22.9 Å². The molecule has 6 heteroatoms. The van der Waals surface area contributed by atoms with E-state index in [-0.39, 0.29) is 11.6 Å². The monoisotopic (exact) mass is 240 g/mol. The molecule has 1 aliphatic carbocycles. The zero-order valence-corrected chi connectivity index (χ0v) is 8.81. The number of carbonyl (C=O) groups is 2. The molecule has 1 aromatic carbocycles. The number of ketones is 2. The molecule has 0 spiro atoms. The van der Waals surface area contributed by atoms with Gasteiger partial charge in [0.25, 0.3) is 11.4 Å². The number of hydrogen-bond donors (Lipinski definition) is 2. The van der Waals surface area contributed by atoms with Gasteiger partial charge in [0.1, 0.15) is 0 Å². The molecule has 0 saturated heterocycles. The molecule has 5 nitrogen and oxygen atoms in total. The van der Waals surface area contributed by atoms with Crippen LogP contribution in [0.1, 0.15) is 20.7 Å². The second-order valence-corrected chi connectivity index (χ2v) is 3.30. The quantitative estimate of drug-likeness (QED) is 0.667. The Morgan fingerprint density at radius 1 is 0.875 bits per heavy atom. The van der Waals surface area contributed by atoms with Crippen LogP contribution in [0.15, 0.2) is 36.4 Å². The van der Waals surface area contributed by atoms with E-state index in [1.165, 1.54) is 12.2 Å². The molecule has 1 aliphatic rings. The van der Waals surface area contributed by atoms with Crippen LogP contribution in [0, 0.1) is 0 Å². The van der Waals surface area contributed by atoms with Crippen LogP contribution < -0.4 is 0 Å². The highest BCUT2D eigenvalue weighted by molar-refractivity contribution is 7.73. The first-order chi connectivity index (χ1) is 7.52. The molecule has 0 atom stereocenters. The van der Waals surface area contributed by atoms with E-state index in [1.54, 1.807) is 24.3 Å². The van der Waals surface area contributed by atoms with Crippen molar-refractivity contribution in [3.8, 4) is 0 Å². The van der Waals surface area contributed by atoms with Gasteiger partial charge in [-0.25, -0.2) is 0 Å². The van der Waals surface area contributed by atoms with Crippen molar-refractivity contribution in [2.24, 2.45) is 0 Å². The first-order valence-corrected chi connectivity index (χ1v) is 5.24. The van der Waals surface area contributed by atoms with Crippen LogP contribution in [-0.4, -0.2) is 24.9 Å². The summed E-state index contributed by atoms with van der Waals surface area (Å²) in [5, 5.41) is 0. The summed E-state index contributed by atoms with van der Waals surface area (Å²) in [4.78, 5) is 22.4. The first kappa shape index (κ1) is 12.4. The van der Waals surface area contributed by atoms with Crippen molar-refractivity contribution in [3.63, 3.8) is 0 Å². The standard InChI is InChI=1S/C10H6O2.H2O3S/c11-9-5-6-10(12)8-4-2-1-3-7(8)9;1-4(2)3/h1-6H;(H2,1,2,3). The van der Waals surface area contributed by atoms with Crippen molar-refractivity contribution in [2.45, 2.75) is 0 Å². The second kappa shape index (κ2) is 5.45. The zero-order valence-electron chi connectivity index (χ0n) is 7.99. The van der Waals surface area contributed by atoms with E-state index in [4.69, 9.17) is 13.3 Å². The Balaban J connectivity index is 0.000000280. The van der Waals surface area contributed by atoms with Crippen molar-refractivity contribution in [1.29, 1.82) is 0 Å². The molecule has 0 heterocycles. The SMILES string of the molecule is O=C1C=CC(=O)c2ccccc21.O=S(O)O. The summed E-state index contributed by atoms with van der Waals surface area (Å²) in [6.45, 7) is 0. The highest BCUT2D eigenvalue weighted by Crippen LogP contribution is 2.15. The lowest BCUT2D eigenvalue weighted by molar-refractivity contribution is 0.0994. The molecule has 2 rings (SSSR count). The van der Waals surface area contributed by atoms with Crippen LogP contribution in [0.25, 0.3) is 0 Å². The molecule has 16 heavy (non-hydrogen) atoms. The molecular formula is C10H8O5S. The van der Waals surface area contributed by atoms with Crippen LogP contribution in [0.3, 0.4) is 0 Å². The summed E-state index contributed by atoms with van der Waals surface area (Å²) in [6.07, 6.45) is 2.62. The number of rotatable bonds is 0.